The minimum absolute atomic E-state index is 0.0208. The molecule has 2 rings (SSSR count). The highest BCUT2D eigenvalue weighted by atomic mass is 19.4. The number of rotatable bonds is 6. The third-order valence-corrected chi connectivity index (χ3v) is 4.18. The van der Waals surface area contributed by atoms with Crippen LogP contribution in [0, 0.1) is 0 Å². The van der Waals surface area contributed by atoms with E-state index in [0.29, 0.717) is 26.1 Å². The van der Waals surface area contributed by atoms with E-state index in [2.05, 4.69) is 0 Å². The van der Waals surface area contributed by atoms with Crippen LogP contribution in [0.15, 0.2) is 24.3 Å². The Balaban J connectivity index is 2.17. The molecule has 138 valence electrons. The van der Waals surface area contributed by atoms with Gasteiger partial charge in [0.25, 0.3) is 0 Å². The fourth-order valence-corrected chi connectivity index (χ4v) is 2.94. The predicted molar refractivity (Wildman–Crippen MR) is 83.0 cm³/mol. The predicted octanol–water partition coefficient (Wildman–Crippen LogP) is 2.73. The number of ether oxygens (including phenoxy) is 1. The summed E-state index contributed by atoms with van der Waals surface area (Å²) in [5, 5.41) is 8.87. The molecule has 1 amide bonds. The highest BCUT2D eigenvalue weighted by Gasteiger charge is 2.34. The maximum Gasteiger partial charge on any atom is 0.416 e. The molecule has 1 saturated heterocycles. The van der Waals surface area contributed by atoms with E-state index in [0.717, 1.165) is 6.07 Å². The molecule has 1 fully saturated rings. The lowest BCUT2D eigenvalue weighted by Gasteiger charge is -2.34. The normalized spacial score (nSPS) is 15.8. The Hall–Kier alpha value is -2.09. The first-order chi connectivity index (χ1) is 11.8. The van der Waals surface area contributed by atoms with E-state index in [4.69, 9.17) is 9.84 Å². The molecule has 25 heavy (non-hydrogen) atoms. The number of hydrogen-bond acceptors (Lipinski definition) is 3. The van der Waals surface area contributed by atoms with Gasteiger partial charge in [-0.05, 0) is 24.5 Å². The molecule has 0 bridgehead atoms. The van der Waals surface area contributed by atoms with Gasteiger partial charge in [-0.1, -0.05) is 18.2 Å². The van der Waals surface area contributed by atoms with E-state index in [9.17, 15) is 22.8 Å². The number of hydrogen-bond donors (Lipinski definition) is 1. The van der Waals surface area contributed by atoms with Crippen LogP contribution in [0.4, 0.5) is 13.2 Å². The SMILES string of the molecule is O=C(O)CCN(C(=O)Cc1ccccc1C(F)(F)F)C1CCOCC1. The van der Waals surface area contributed by atoms with E-state index in [1.165, 1.54) is 23.1 Å². The van der Waals surface area contributed by atoms with Gasteiger partial charge in [0, 0.05) is 25.8 Å². The number of aliphatic carboxylic acids is 1. The van der Waals surface area contributed by atoms with E-state index in [1.807, 2.05) is 0 Å². The lowest BCUT2D eigenvalue weighted by molar-refractivity contribution is -0.140. The third-order valence-electron chi connectivity index (χ3n) is 4.18. The van der Waals surface area contributed by atoms with Gasteiger partial charge in [-0.3, -0.25) is 9.59 Å². The number of benzene rings is 1. The zero-order valence-corrected chi connectivity index (χ0v) is 13.6. The molecule has 0 saturated carbocycles. The van der Waals surface area contributed by atoms with Gasteiger partial charge < -0.3 is 14.7 Å². The fraction of sp³-hybridized carbons (Fsp3) is 0.529. The van der Waals surface area contributed by atoms with Gasteiger partial charge in [0.1, 0.15) is 0 Å². The summed E-state index contributed by atoms with van der Waals surface area (Å²) in [6.45, 7) is 0.869. The van der Waals surface area contributed by atoms with Crippen LogP contribution in [0.1, 0.15) is 30.4 Å². The molecule has 1 aromatic carbocycles. The quantitative estimate of drug-likeness (QED) is 0.848. The number of nitrogens with zero attached hydrogens (tertiary/aromatic N) is 1. The summed E-state index contributed by atoms with van der Waals surface area (Å²) in [4.78, 5) is 24.9. The summed E-state index contributed by atoms with van der Waals surface area (Å²) in [5.74, 6) is -1.55. The molecule has 8 heteroatoms. The highest BCUT2D eigenvalue weighted by Crippen LogP contribution is 2.32. The molecular formula is C17H20F3NO4. The Morgan fingerprint density at radius 3 is 2.44 bits per heavy atom. The fourth-order valence-electron chi connectivity index (χ4n) is 2.94. The number of halogens is 3. The highest BCUT2D eigenvalue weighted by molar-refractivity contribution is 5.80. The number of carbonyl (C=O) groups excluding carboxylic acids is 1. The number of carbonyl (C=O) groups is 2. The van der Waals surface area contributed by atoms with Crippen LogP contribution in [0.3, 0.4) is 0 Å². The second kappa shape index (κ2) is 8.33. The van der Waals surface area contributed by atoms with Gasteiger partial charge in [0.15, 0.2) is 0 Å². The van der Waals surface area contributed by atoms with E-state index < -0.39 is 30.0 Å². The van der Waals surface area contributed by atoms with Gasteiger partial charge in [0.05, 0.1) is 18.4 Å². The van der Waals surface area contributed by atoms with Crippen molar-refractivity contribution in [2.45, 2.75) is 37.9 Å². The summed E-state index contributed by atoms with van der Waals surface area (Å²) >= 11 is 0. The van der Waals surface area contributed by atoms with Crippen molar-refractivity contribution in [3.63, 3.8) is 0 Å². The van der Waals surface area contributed by atoms with Crippen molar-refractivity contribution in [1.82, 2.24) is 4.90 Å². The first kappa shape index (κ1) is 19.2. The second-order valence-corrected chi connectivity index (χ2v) is 5.91. The minimum Gasteiger partial charge on any atom is -0.481 e. The zero-order valence-electron chi connectivity index (χ0n) is 13.6. The lowest BCUT2D eigenvalue weighted by Crippen LogP contribution is -2.45. The Bertz CT molecular complexity index is 612. The third kappa shape index (κ3) is 5.45. The number of carboxylic acids is 1. The monoisotopic (exact) mass is 359 g/mol. The molecule has 1 aliphatic heterocycles. The van der Waals surface area contributed by atoms with E-state index in [-0.39, 0.29) is 24.6 Å². The Morgan fingerprint density at radius 2 is 1.84 bits per heavy atom. The van der Waals surface area contributed by atoms with Crippen molar-refractivity contribution in [3.05, 3.63) is 35.4 Å². The number of alkyl halides is 3. The van der Waals surface area contributed by atoms with Crippen LogP contribution < -0.4 is 0 Å². The van der Waals surface area contributed by atoms with Crippen LogP contribution in [-0.2, 0) is 26.9 Å². The van der Waals surface area contributed by atoms with Crippen LogP contribution in [0.25, 0.3) is 0 Å². The van der Waals surface area contributed by atoms with Gasteiger partial charge in [0.2, 0.25) is 5.91 Å². The number of amides is 1. The molecule has 1 aliphatic rings. The van der Waals surface area contributed by atoms with Gasteiger partial charge >= 0.3 is 12.1 Å². The van der Waals surface area contributed by atoms with Crippen molar-refractivity contribution in [3.8, 4) is 0 Å². The van der Waals surface area contributed by atoms with Gasteiger partial charge in [-0.25, -0.2) is 0 Å². The van der Waals surface area contributed by atoms with Gasteiger partial charge in [-0.15, -0.1) is 0 Å². The Labute approximate surface area is 143 Å². The molecular weight excluding hydrogens is 339 g/mol. The first-order valence-corrected chi connectivity index (χ1v) is 8.03. The molecule has 1 heterocycles. The molecule has 0 spiro atoms. The Morgan fingerprint density at radius 1 is 1.20 bits per heavy atom. The molecule has 1 N–H and O–H groups in total. The average molecular weight is 359 g/mol. The summed E-state index contributed by atoms with van der Waals surface area (Å²) in [7, 11) is 0. The van der Waals surface area contributed by atoms with Crippen molar-refractivity contribution in [1.29, 1.82) is 0 Å². The molecule has 1 aromatic rings. The maximum absolute atomic E-state index is 13.1. The summed E-state index contributed by atoms with van der Waals surface area (Å²) in [5.41, 5.74) is -0.944. The largest absolute Gasteiger partial charge is 0.481 e. The molecule has 0 aromatic heterocycles. The molecule has 0 unspecified atom stereocenters. The van der Waals surface area contributed by atoms with E-state index >= 15 is 0 Å². The Kier molecular flexibility index (Phi) is 6.41. The molecule has 0 atom stereocenters. The van der Waals surface area contributed by atoms with Crippen molar-refractivity contribution in [2.24, 2.45) is 0 Å². The van der Waals surface area contributed by atoms with Gasteiger partial charge in [-0.2, -0.15) is 13.2 Å². The topological polar surface area (TPSA) is 66.8 Å². The van der Waals surface area contributed by atoms with Crippen LogP contribution in [0.2, 0.25) is 0 Å². The number of carboxylic acid groups (broad SMARTS) is 1. The van der Waals surface area contributed by atoms with Crippen molar-refractivity contribution < 1.29 is 32.6 Å². The van der Waals surface area contributed by atoms with Crippen LogP contribution in [-0.4, -0.2) is 47.7 Å². The standard InChI is InChI=1S/C17H20F3NO4/c18-17(19,20)14-4-2-1-3-12(14)11-15(22)21(8-5-16(23)24)13-6-9-25-10-7-13/h1-4,13H,5-11H2,(H,23,24). The molecule has 0 radical (unpaired) electrons. The minimum atomic E-state index is -4.54. The second-order valence-electron chi connectivity index (χ2n) is 5.91. The molecule has 0 aliphatic carbocycles. The zero-order chi connectivity index (χ0) is 18.4. The summed E-state index contributed by atoms with van der Waals surface area (Å²) in [6.07, 6.45) is -4.10. The lowest BCUT2D eigenvalue weighted by atomic mass is 10.0. The van der Waals surface area contributed by atoms with Crippen molar-refractivity contribution >= 4 is 11.9 Å². The van der Waals surface area contributed by atoms with Crippen LogP contribution in [0.5, 0.6) is 0 Å². The van der Waals surface area contributed by atoms with Crippen LogP contribution >= 0.6 is 0 Å². The smallest absolute Gasteiger partial charge is 0.416 e. The summed E-state index contributed by atoms with van der Waals surface area (Å²) < 4.78 is 44.5. The first-order valence-electron chi connectivity index (χ1n) is 8.03. The molecule has 5 nitrogen and oxygen atoms in total. The summed E-state index contributed by atoms with van der Waals surface area (Å²) in [6, 6.07) is 4.74. The van der Waals surface area contributed by atoms with Crippen molar-refractivity contribution in [2.75, 3.05) is 19.8 Å². The maximum atomic E-state index is 13.1. The van der Waals surface area contributed by atoms with E-state index in [1.54, 1.807) is 0 Å². The average Bonchev–Trinajstić information content (AvgIpc) is 2.55.